The van der Waals surface area contributed by atoms with Crippen LogP contribution in [0.1, 0.15) is 24.0 Å². The van der Waals surface area contributed by atoms with E-state index in [0.29, 0.717) is 24.5 Å². The minimum Gasteiger partial charge on any atom is -0.490 e. The lowest BCUT2D eigenvalue weighted by Crippen LogP contribution is -2.05. The summed E-state index contributed by atoms with van der Waals surface area (Å²) in [6.07, 6.45) is 0.824. The largest absolute Gasteiger partial charge is 0.490 e. The Hall–Kier alpha value is -1.82. The summed E-state index contributed by atoms with van der Waals surface area (Å²) in [4.78, 5) is 4.35. The highest BCUT2D eigenvalue weighted by Gasteiger charge is 2.09. The molecule has 0 spiro atoms. The molecule has 1 heterocycles. The van der Waals surface area contributed by atoms with Crippen molar-refractivity contribution in [2.45, 2.75) is 26.8 Å². The molecule has 0 aliphatic heterocycles. The smallest absolute Gasteiger partial charge is 0.167 e. The molecule has 0 aliphatic rings. The highest BCUT2D eigenvalue weighted by Crippen LogP contribution is 2.28. The zero-order valence-electron chi connectivity index (χ0n) is 11.6. The van der Waals surface area contributed by atoms with Crippen LogP contribution in [0, 0.1) is 12.7 Å². The lowest BCUT2D eigenvalue weighted by atomic mass is 10.2. The molecule has 1 aromatic heterocycles. The van der Waals surface area contributed by atoms with Crippen LogP contribution in [0.2, 0.25) is 0 Å². The number of rotatable bonds is 6. The molecule has 2 aromatic rings. The topological polar surface area (TPSA) is 60.2 Å². The number of nitrogens with two attached hydrogens (primary N) is 1. The van der Waals surface area contributed by atoms with Crippen molar-refractivity contribution in [1.82, 2.24) is 4.98 Å². The van der Waals surface area contributed by atoms with E-state index < -0.39 is 5.82 Å². The van der Waals surface area contributed by atoms with Crippen LogP contribution in [0.5, 0.6) is 5.75 Å². The third-order valence-electron chi connectivity index (χ3n) is 2.69. The predicted molar refractivity (Wildman–Crippen MR) is 80.8 cm³/mol. The Morgan fingerprint density at radius 2 is 2.25 bits per heavy atom. The molecule has 0 amide bonds. The monoisotopic (exact) mass is 295 g/mol. The third kappa shape index (κ3) is 3.60. The first-order valence-corrected chi connectivity index (χ1v) is 7.34. The van der Waals surface area contributed by atoms with Gasteiger partial charge < -0.3 is 15.8 Å². The number of aryl methyl sites for hydroxylation is 1. The van der Waals surface area contributed by atoms with Crippen LogP contribution in [0.4, 0.5) is 15.8 Å². The van der Waals surface area contributed by atoms with Gasteiger partial charge in [-0.25, -0.2) is 9.37 Å². The third-order valence-corrected chi connectivity index (χ3v) is 3.51. The summed E-state index contributed by atoms with van der Waals surface area (Å²) in [5.74, 6) is -0.219. The van der Waals surface area contributed by atoms with E-state index in [9.17, 15) is 4.39 Å². The Balaban J connectivity index is 2.09. The number of ether oxygens (including phenoxy) is 1. The van der Waals surface area contributed by atoms with Crippen LogP contribution < -0.4 is 15.8 Å². The first-order chi connectivity index (χ1) is 9.60. The Labute approximate surface area is 121 Å². The van der Waals surface area contributed by atoms with E-state index in [2.05, 4.69) is 10.3 Å². The van der Waals surface area contributed by atoms with Gasteiger partial charge in [-0.1, -0.05) is 6.92 Å². The number of hydrogen-bond acceptors (Lipinski definition) is 5. The molecule has 0 fully saturated rings. The Morgan fingerprint density at radius 3 is 2.90 bits per heavy atom. The van der Waals surface area contributed by atoms with Crippen molar-refractivity contribution in [2.24, 2.45) is 0 Å². The van der Waals surface area contributed by atoms with Gasteiger partial charge in [0.2, 0.25) is 0 Å². The van der Waals surface area contributed by atoms with Gasteiger partial charge >= 0.3 is 0 Å². The second kappa shape index (κ2) is 6.56. The highest BCUT2D eigenvalue weighted by molar-refractivity contribution is 7.09. The maximum Gasteiger partial charge on any atom is 0.167 e. The van der Waals surface area contributed by atoms with Gasteiger partial charge in [0, 0.05) is 17.5 Å². The summed E-state index contributed by atoms with van der Waals surface area (Å²) in [5.41, 5.74) is 7.76. The summed E-state index contributed by atoms with van der Waals surface area (Å²) in [7, 11) is 0. The van der Waals surface area contributed by atoms with Crippen molar-refractivity contribution >= 4 is 22.7 Å². The average molecular weight is 295 g/mol. The quantitative estimate of drug-likeness (QED) is 0.800. The molecule has 4 nitrogen and oxygen atoms in total. The van der Waals surface area contributed by atoms with Crippen LogP contribution in [0.25, 0.3) is 0 Å². The lowest BCUT2D eigenvalue weighted by Gasteiger charge is -2.12. The molecule has 108 valence electrons. The number of anilines is 2. The molecule has 0 atom stereocenters. The van der Waals surface area contributed by atoms with Crippen molar-refractivity contribution in [3.8, 4) is 5.75 Å². The molecule has 0 unspecified atom stereocenters. The fourth-order valence-electron chi connectivity index (χ4n) is 1.72. The number of benzene rings is 1. The fourth-order valence-corrected chi connectivity index (χ4v) is 2.33. The number of nitrogens with one attached hydrogen (secondary N) is 1. The van der Waals surface area contributed by atoms with Crippen molar-refractivity contribution in [2.75, 3.05) is 17.7 Å². The van der Waals surface area contributed by atoms with E-state index >= 15 is 0 Å². The molecule has 0 bridgehead atoms. The molecular weight excluding hydrogens is 277 g/mol. The van der Waals surface area contributed by atoms with Crippen LogP contribution in [-0.2, 0) is 6.54 Å². The maximum atomic E-state index is 13.7. The second-order valence-corrected chi connectivity index (χ2v) is 5.49. The summed E-state index contributed by atoms with van der Waals surface area (Å²) in [6.45, 7) is 4.95. The van der Waals surface area contributed by atoms with Gasteiger partial charge in [-0.05, 0) is 13.3 Å². The molecule has 3 N–H and O–H groups in total. The van der Waals surface area contributed by atoms with E-state index in [-0.39, 0.29) is 5.75 Å². The number of halogens is 1. The van der Waals surface area contributed by atoms with Crippen molar-refractivity contribution in [1.29, 1.82) is 0 Å². The van der Waals surface area contributed by atoms with Crippen LogP contribution >= 0.6 is 11.3 Å². The zero-order valence-corrected chi connectivity index (χ0v) is 12.4. The standard InChI is InChI=1S/C14H18FN3OS/c1-3-4-19-14-6-13(12(16)5-11(14)15)17-7-10-8-20-9(2)18-10/h5-6,8,17H,3-4,7,16H2,1-2H3. The summed E-state index contributed by atoms with van der Waals surface area (Å²) in [5, 5.41) is 6.16. The van der Waals surface area contributed by atoms with Gasteiger partial charge in [-0.3, -0.25) is 0 Å². The summed E-state index contributed by atoms with van der Waals surface area (Å²) in [6, 6.07) is 2.87. The number of aromatic nitrogens is 1. The number of hydrogen-bond donors (Lipinski definition) is 2. The van der Waals surface area contributed by atoms with E-state index in [4.69, 9.17) is 10.5 Å². The number of nitrogen functional groups attached to an aromatic ring is 1. The van der Waals surface area contributed by atoms with Gasteiger partial charge in [-0.2, -0.15) is 0 Å². The maximum absolute atomic E-state index is 13.7. The van der Waals surface area contributed by atoms with Crippen molar-refractivity contribution in [3.63, 3.8) is 0 Å². The molecule has 20 heavy (non-hydrogen) atoms. The minimum absolute atomic E-state index is 0.220. The molecule has 2 rings (SSSR count). The Bertz CT molecular complexity index is 586. The van der Waals surface area contributed by atoms with Crippen LogP contribution in [0.15, 0.2) is 17.5 Å². The molecule has 0 radical (unpaired) electrons. The van der Waals surface area contributed by atoms with E-state index in [1.54, 1.807) is 17.4 Å². The molecule has 1 aromatic carbocycles. The van der Waals surface area contributed by atoms with E-state index in [0.717, 1.165) is 17.1 Å². The van der Waals surface area contributed by atoms with Gasteiger partial charge in [0.25, 0.3) is 0 Å². The van der Waals surface area contributed by atoms with Gasteiger partial charge in [0.05, 0.1) is 35.2 Å². The summed E-state index contributed by atoms with van der Waals surface area (Å²) >= 11 is 1.59. The normalized spacial score (nSPS) is 10.6. The van der Waals surface area contributed by atoms with Gasteiger partial charge in [0.1, 0.15) is 0 Å². The highest BCUT2D eigenvalue weighted by atomic mass is 32.1. The van der Waals surface area contributed by atoms with Crippen LogP contribution in [-0.4, -0.2) is 11.6 Å². The van der Waals surface area contributed by atoms with Gasteiger partial charge in [-0.15, -0.1) is 11.3 Å². The summed E-state index contributed by atoms with van der Waals surface area (Å²) < 4.78 is 19.0. The zero-order chi connectivity index (χ0) is 14.5. The number of thiazole rings is 1. The lowest BCUT2D eigenvalue weighted by molar-refractivity contribution is 0.301. The molecule has 6 heteroatoms. The molecule has 0 saturated heterocycles. The SMILES string of the molecule is CCCOc1cc(NCc2csc(C)n2)c(N)cc1F. The van der Waals surface area contributed by atoms with Crippen LogP contribution in [0.3, 0.4) is 0 Å². The van der Waals surface area contributed by atoms with Gasteiger partial charge in [0.15, 0.2) is 11.6 Å². The molecule has 0 saturated carbocycles. The van der Waals surface area contributed by atoms with Crippen molar-refractivity contribution in [3.05, 3.63) is 34.0 Å². The predicted octanol–water partition coefficient (Wildman–Crippen LogP) is 3.57. The van der Waals surface area contributed by atoms with E-state index in [1.807, 2.05) is 19.2 Å². The number of nitrogens with zero attached hydrogens (tertiary/aromatic N) is 1. The Morgan fingerprint density at radius 1 is 1.45 bits per heavy atom. The first-order valence-electron chi connectivity index (χ1n) is 6.47. The second-order valence-electron chi connectivity index (χ2n) is 4.43. The average Bonchev–Trinajstić information content (AvgIpc) is 2.82. The molecule has 0 aliphatic carbocycles. The minimum atomic E-state index is -0.439. The molecular formula is C14H18FN3OS. The first kappa shape index (κ1) is 14.6. The fraction of sp³-hybridized carbons (Fsp3) is 0.357. The Kier molecular flexibility index (Phi) is 4.79. The van der Waals surface area contributed by atoms with E-state index in [1.165, 1.54) is 6.07 Å². The van der Waals surface area contributed by atoms with Crippen molar-refractivity contribution < 1.29 is 9.13 Å².